The van der Waals surface area contributed by atoms with Gasteiger partial charge in [-0.2, -0.15) is 0 Å². The maximum atomic E-state index is 11.4. The van der Waals surface area contributed by atoms with Crippen LogP contribution in [0.3, 0.4) is 0 Å². The van der Waals surface area contributed by atoms with Crippen LogP contribution in [0.2, 0.25) is 0 Å². The number of aromatic nitrogens is 1. The van der Waals surface area contributed by atoms with Crippen molar-refractivity contribution in [3.05, 3.63) is 51.5 Å². The van der Waals surface area contributed by atoms with Crippen LogP contribution in [0, 0.1) is 6.92 Å². The average Bonchev–Trinajstić information content (AvgIpc) is 2.88. The van der Waals surface area contributed by atoms with Gasteiger partial charge in [0.2, 0.25) is 0 Å². The Morgan fingerprint density at radius 1 is 1.50 bits per heavy atom. The van der Waals surface area contributed by atoms with E-state index in [9.17, 15) is 4.79 Å². The van der Waals surface area contributed by atoms with E-state index in [1.165, 1.54) is 4.88 Å². The molecule has 2 rings (SSSR count). The van der Waals surface area contributed by atoms with Crippen LogP contribution in [-0.2, 0) is 17.8 Å². The summed E-state index contributed by atoms with van der Waals surface area (Å²) in [5, 5.41) is 0. The number of nitrogens with two attached hydrogens (primary N) is 1. The fourth-order valence-corrected chi connectivity index (χ4v) is 2.57. The number of rotatable bonds is 6. The minimum Gasteiger partial charge on any atom is -0.376 e. The second-order valence-electron chi connectivity index (χ2n) is 4.34. The predicted molar refractivity (Wildman–Crippen MR) is 78.3 cm³/mol. The first-order valence-electron chi connectivity index (χ1n) is 6.27. The molecule has 1 aromatic carbocycles. The molecule has 20 heavy (non-hydrogen) atoms. The van der Waals surface area contributed by atoms with Crippen LogP contribution in [0.25, 0.3) is 0 Å². The summed E-state index contributed by atoms with van der Waals surface area (Å²) in [6, 6.07) is 7.23. The number of benzene rings is 1. The van der Waals surface area contributed by atoms with Gasteiger partial charge in [-0.15, -0.1) is 11.3 Å². The van der Waals surface area contributed by atoms with Crippen LogP contribution in [-0.4, -0.2) is 17.5 Å². The van der Waals surface area contributed by atoms with E-state index in [0.29, 0.717) is 18.8 Å². The van der Waals surface area contributed by atoms with E-state index in [2.05, 4.69) is 10.4 Å². The molecule has 2 aromatic rings. The molecule has 0 aliphatic carbocycles. The molecular weight excluding hydrogens is 274 g/mol. The Kier molecular flexibility index (Phi) is 5.23. The summed E-state index contributed by atoms with van der Waals surface area (Å²) in [6.45, 7) is 3.11. The minimum absolute atomic E-state index is 0.299. The molecule has 0 spiro atoms. The fourth-order valence-electron chi connectivity index (χ4n) is 1.81. The van der Waals surface area contributed by atoms with E-state index < -0.39 is 0 Å². The molecule has 1 heterocycles. The van der Waals surface area contributed by atoms with Crippen LogP contribution in [0.5, 0.6) is 0 Å². The van der Waals surface area contributed by atoms with Crippen molar-refractivity contribution in [2.75, 3.05) is 6.61 Å². The minimum atomic E-state index is -0.299. The van der Waals surface area contributed by atoms with Gasteiger partial charge in [-0.05, 0) is 24.6 Å². The molecule has 0 saturated heterocycles. The topological polar surface area (TPSA) is 77.2 Å². The zero-order chi connectivity index (χ0) is 14.4. The van der Waals surface area contributed by atoms with Gasteiger partial charge >= 0.3 is 0 Å². The van der Waals surface area contributed by atoms with E-state index in [-0.39, 0.29) is 5.91 Å². The number of hydrazine groups is 1. The number of nitrogens with zero attached hydrogens (tertiary/aromatic N) is 1. The Morgan fingerprint density at radius 2 is 2.35 bits per heavy atom. The lowest BCUT2D eigenvalue weighted by atomic mass is 10.1. The highest BCUT2D eigenvalue weighted by Crippen LogP contribution is 2.13. The van der Waals surface area contributed by atoms with Crippen molar-refractivity contribution in [3.63, 3.8) is 0 Å². The molecule has 0 unspecified atom stereocenters. The van der Waals surface area contributed by atoms with Crippen LogP contribution < -0.4 is 11.3 Å². The van der Waals surface area contributed by atoms with Crippen LogP contribution >= 0.6 is 11.3 Å². The molecule has 1 aromatic heterocycles. The predicted octanol–water partition coefficient (Wildman–Crippen LogP) is 1.81. The third kappa shape index (κ3) is 3.86. The van der Waals surface area contributed by atoms with Gasteiger partial charge in [0.15, 0.2) is 0 Å². The zero-order valence-electron chi connectivity index (χ0n) is 11.3. The van der Waals surface area contributed by atoms with Gasteiger partial charge < -0.3 is 4.74 Å². The fraction of sp³-hybridized carbons (Fsp3) is 0.286. The number of ether oxygens (including phenoxy) is 1. The molecule has 5 nitrogen and oxygen atoms in total. The third-order valence-electron chi connectivity index (χ3n) is 2.91. The summed E-state index contributed by atoms with van der Waals surface area (Å²) in [5.74, 6) is 4.81. The van der Waals surface area contributed by atoms with Gasteiger partial charge in [0, 0.05) is 16.9 Å². The lowest BCUT2D eigenvalue weighted by Gasteiger charge is -2.06. The molecular formula is C14H17N3O2S. The monoisotopic (exact) mass is 291 g/mol. The SMILES string of the molecule is Cc1ncsc1CCOCc1cccc(C(=O)NN)c1. The summed E-state index contributed by atoms with van der Waals surface area (Å²) in [7, 11) is 0. The number of hydrogen-bond donors (Lipinski definition) is 2. The summed E-state index contributed by atoms with van der Waals surface area (Å²) < 4.78 is 5.63. The van der Waals surface area contributed by atoms with Crippen molar-refractivity contribution in [1.82, 2.24) is 10.4 Å². The molecule has 0 atom stereocenters. The lowest BCUT2D eigenvalue weighted by molar-refractivity contribution is 0.0953. The molecule has 3 N–H and O–H groups in total. The van der Waals surface area contributed by atoms with Gasteiger partial charge in [-0.25, -0.2) is 10.8 Å². The number of hydrogen-bond acceptors (Lipinski definition) is 5. The van der Waals surface area contributed by atoms with E-state index in [1.54, 1.807) is 23.5 Å². The first-order valence-corrected chi connectivity index (χ1v) is 7.15. The standard InChI is InChI=1S/C14H17N3O2S/c1-10-13(20-9-16-10)5-6-19-8-11-3-2-4-12(7-11)14(18)17-15/h2-4,7,9H,5-6,8,15H2,1H3,(H,17,18). The Balaban J connectivity index is 1.82. The Hall–Kier alpha value is -1.76. The highest BCUT2D eigenvalue weighted by molar-refractivity contribution is 7.09. The molecule has 0 fully saturated rings. The molecule has 0 aliphatic rings. The van der Waals surface area contributed by atoms with Crippen molar-refractivity contribution in [3.8, 4) is 0 Å². The first kappa shape index (κ1) is 14.6. The second kappa shape index (κ2) is 7.14. The quantitative estimate of drug-likeness (QED) is 0.368. The van der Waals surface area contributed by atoms with Gasteiger partial charge in [0.1, 0.15) is 0 Å². The number of amides is 1. The number of carbonyl (C=O) groups is 1. The Labute approximate surface area is 121 Å². The molecule has 106 valence electrons. The Bertz CT molecular complexity index is 583. The number of nitrogens with one attached hydrogen (secondary N) is 1. The van der Waals surface area contributed by atoms with Crippen LogP contribution in [0.15, 0.2) is 29.8 Å². The van der Waals surface area contributed by atoms with Gasteiger partial charge in [-0.3, -0.25) is 10.2 Å². The smallest absolute Gasteiger partial charge is 0.265 e. The van der Waals surface area contributed by atoms with Gasteiger partial charge in [-0.1, -0.05) is 12.1 Å². The number of aryl methyl sites for hydroxylation is 1. The van der Waals surface area contributed by atoms with E-state index in [0.717, 1.165) is 17.7 Å². The first-order chi connectivity index (χ1) is 9.70. The van der Waals surface area contributed by atoms with Gasteiger partial charge in [0.05, 0.1) is 24.4 Å². The zero-order valence-corrected chi connectivity index (χ0v) is 12.1. The number of carbonyl (C=O) groups excluding carboxylic acids is 1. The van der Waals surface area contributed by atoms with Crippen molar-refractivity contribution in [2.24, 2.45) is 5.84 Å². The lowest BCUT2D eigenvalue weighted by Crippen LogP contribution is -2.29. The highest BCUT2D eigenvalue weighted by atomic mass is 32.1. The highest BCUT2D eigenvalue weighted by Gasteiger charge is 2.05. The summed E-state index contributed by atoms with van der Waals surface area (Å²) in [5.41, 5.74) is 6.52. The maximum Gasteiger partial charge on any atom is 0.265 e. The normalized spacial score (nSPS) is 10.5. The van der Waals surface area contributed by atoms with Crippen LogP contribution in [0.4, 0.5) is 0 Å². The maximum absolute atomic E-state index is 11.4. The van der Waals surface area contributed by atoms with E-state index in [1.807, 2.05) is 24.6 Å². The van der Waals surface area contributed by atoms with Gasteiger partial charge in [0.25, 0.3) is 5.91 Å². The molecule has 1 amide bonds. The van der Waals surface area contributed by atoms with E-state index in [4.69, 9.17) is 10.6 Å². The van der Waals surface area contributed by atoms with Crippen molar-refractivity contribution < 1.29 is 9.53 Å². The van der Waals surface area contributed by atoms with E-state index >= 15 is 0 Å². The number of thiazole rings is 1. The summed E-state index contributed by atoms with van der Waals surface area (Å²) in [4.78, 5) is 16.9. The Morgan fingerprint density at radius 3 is 3.05 bits per heavy atom. The summed E-state index contributed by atoms with van der Waals surface area (Å²) >= 11 is 1.65. The number of nitrogen functional groups attached to an aromatic ring is 1. The van der Waals surface area contributed by atoms with Crippen LogP contribution in [0.1, 0.15) is 26.5 Å². The summed E-state index contributed by atoms with van der Waals surface area (Å²) in [6.07, 6.45) is 0.861. The molecule has 0 radical (unpaired) electrons. The third-order valence-corrected chi connectivity index (χ3v) is 3.90. The van der Waals surface area contributed by atoms with Crippen molar-refractivity contribution in [2.45, 2.75) is 20.0 Å². The molecule has 0 aliphatic heterocycles. The second-order valence-corrected chi connectivity index (χ2v) is 5.28. The van der Waals surface area contributed by atoms with Crippen molar-refractivity contribution in [1.29, 1.82) is 0 Å². The molecule has 0 saturated carbocycles. The molecule has 6 heteroatoms. The largest absolute Gasteiger partial charge is 0.376 e. The molecule has 0 bridgehead atoms. The average molecular weight is 291 g/mol. The van der Waals surface area contributed by atoms with Crippen molar-refractivity contribution >= 4 is 17.2 Å².